The highest BCUT2D eigenvalue weighted by molar-refractivity contribution is 5.96. The molecule has 0 fully saturated rings. The lowest BCUT2D eigenvalue weighted by molar-refractivity contribution is -0.149. The van der Waals surface area contributed by atoms with E-state index in [-0.39, 0.29) is 30.8 Å². The minimum absolute atomic E-state index is 0.236. The first kappa shape index (κ1) is 17.4. The fraction of sp³-hybridized carbons (Fsp3) is 0.556. The summed E-state index contributed by atoms with van der Waals surface area (Å²) in [5.74, 6) is -0.690. The Kier molecular flexibility index (Phi) is 5.31. The predicted molar refractivity (Wildman–Crippen MR) is 89.4 cm³/mol. The normalized spacial score (nSPS) is 14.2. The number of carbonyl (C=O) groups excluding carboxylic acids is 2. The molecule has 2 heterocycles. The molecular weight excluding hydrogens is 324 g/mol. The number of ether oxygens (including phenoxy) is 2. The third-order valence-corrected chi connectivity index (χ3v) is 4.04. The highest BCUT2D eigenvalue weighted by Crippen LogP contribution is 2.28. The zero-order chi connectivity index (χ0) is 17.8. The van der Waals surface area contributed by atoms with Gasteiger partial charge in [0.05, 0.1) is 6.10 Å². The van der Waals surface area contributed by atoms with Crippen LogP contribution in [0.5, 0.6) is 5.88 Å². The van der Waals surface area contributed by atoms with E-state index in [0.29, 0.717) is 11.1 Å². The van der Waals surface area contributed by atoms with Crippen molar-refractivity contribution in [3.8, 4) is 5.88 Å². The van der Waals surface area contributed by atoms with E-state index in [4.69, 9.17) is 14.0 Å². The van der Waals surface area contributed by atoms with E-state index in [1.807, 2.05) is 6.07 Å². The van der Waals surface area contributed by atoms with Gasteiger partial charge >= 0.3 is 5.97 Å². The van der Waals surface area contributed by atoms with Crippen LogP contribution in [-0.4, -0.2) is 34.6 Å². The van der Waals surface area contributed by atoms with Crippen molar-refractivity contribution in [3.63, 3.8) is 0 Å². The summed E-state index contributed by atoms with van der Waals surface area (Å²) in [4.78, 5) is 27.9. The first-order valence-corrected chi connectivity index (χ1v) is 8.65. The summed E-state index contributed by atoms with van der Waals surface area (Å²) in [5.41, 5.74) is 2.66. The number of aromatic nitrogens is 2. The Balaban J connectivity index is 1.67. The Labute approximate surface area is 145 Å². The van der Waals surface area contributed by atoms with Crippen LogP contribution in [0.15, 0.2) is 10.6 Å². The maximum absolute atomic E-state index is 11.8. The van der Waals surface area contributed by atoms with Crippen LogP contribution in [0.3, 0.4) is 0 Å². The standard InChI is InChI=1S/C18H22N2O5/c1-11(2)24-16(22)9-13(21)10-23-18-14-8-12-6-4-3-5-7-15(12)19-17(14)25-20-18/h8,11H,3-7,9-10H2,1-2H3. The minimum atomic E-state index is -0.555. The maximum atomic E-state index is 11.8. The monoisotopic (exact) mass is 346 g/mol. The molecule has 0 unspecified atom stereocenters. The fourth-order valence-corrected chi connectivity index (χ4v) is 2.92. The van der Waals surface area contributed by atoms with Crippen LogP contribution in [0.1, 0.15) is 50.8 Å². The topological polar surface area (TPSA) is 91.5 Å². The second-order valence-electron chi connectivity index (χ2n) is 6.54. The SMILES string of the molecule is CC(C)OC(=O)CC(=O)COc1noc2nc3c(cc12)CCCCC3. The Morgan fingerprint density at radius 3 is 2.84 bits per heavy atom. The number of Topliss-reactive ketones (excluding diaryl/α,β-unsaturated/α-hetero) is 1. The van der Waals surface area contributed by atoms with Crippen LogP contribution in [0, 0.1) is 0 Å². The van der Waals surface area contributed by atoms with Crippen LogP contribution >= 0.6 is 0 Å². The van der Waals surface area contributed by atoms with Gasteiger partial charge in [-0.15, -0.1) is 0 Å². The first-order chi connectivity index (χ1) is 12.0. The number of rotatable bonds is 6. The van der Waals surface area contributed by atoms with Crippen LogP contribution in [0.4, 0.5) is 0 Å². The summed E-state index contributed by atoms with van der Waals surface area (Å²) >= 11 is 0. The number of hydrogen-bond acceptors (Lipinski definition) is 7. The average Bonchev–Trinajstić information content (AvgIpc) is 2.78. The summed E-state index contributed by atoms with van der Waals surface area (Å²) < 4.78 is 15.6. The molecule has 0 saturated heterocycles. The van der Waals surface area contributed by atoms with Gasteiger partial charge in [0, 0.05) is 5.69 Å². The molecule has 134 valence electrons. The molecule has 0 atom stereocenters. The van der Waals surface area contributed by atoms with Crippen LogP contribution in [0.2, 0.25) is 0 Å². The number of aryl methyl sites for hydroxylation is 2. The van der Waals surface area contributed by atoms with Crippen molar-refractivity contribution in [1.29, 1.82) is 0 Å². The van der Waals surface area contributed by atoms with Crippen molar-refractivity contribution in [2.24, 2.45) is 0 Å². The molecule has 0 aromatic carbocycles. The maximum Gasteiger partial charge on any atom is 0.313 e. The number of ketones is 1. The lowest BCUT2D eigenvalue weighted by atomic mass is 10.1. The number of carbonyl (C=O) groups is 2. The van der Waals surface area contributed by atoms with Gasteiger partial charge in [0.2, 0.25) is 0 Å². The van der Waals surface area contributed by atoms with Gasteiger partial charge in [-0.05, 0) is 56.3 Å². The van der Waals surface area contributed by atoms with E-state index >= 15 is 0 Å². The molecule has 0 saturated carbocycles. The van der Waals surface area contributed by atoms with Crippen molar-refractivity contribution in [2.75, 3.05) is 6.61 Å². The second kappa shape index (κ2) is 7.63. The number of nitrogens with zero attached hydrogens (tertiary/aromatic N) is 2. The number of fused-ring (bicyclic) bond motifs is 2. The van der Waals surface area contributed by atoms with Crippen molar-refractivity contribution < 1.29 is 23.6 Å². The van der Waals surface area contributed by atoms with E-state index in [9.17, 15) is 9.59 Å². The van der Waals surface area contributed by atoms with E-state index < -0.39 is 5.97 Å². The van der Waals surface area contributed by atoms with E-state index in [0.717, 1.165) is 31.4 Å². The zero-order valence-corrected chi connectivity index (χ0v) is 14.5. The molecule has 0 amide bonds. The van der Waals surface area contributed by atoms with Gasteiger partial charge < -0.3 is 14.0 Å². The quantitative estimate of drug-likeness (QED) is 0.451. The van der Waals surface area contributed by atoms with Crippen LogP contribution in [-0.2, 0) is 27.2 Å². The van der Waals surface area contributed by atoms with E-state index in [2.05, 4.69) is 10.1 Å². The van der Waals surface area contributed by atoms with Crippen LogP contribution < -0.4 is 4.74 Å². The molecule has 0 aliphatic heterocycles. The van der Waals surface area contributed by atoms with Gasteiger partial charge in [-0.2, -0.15) is 0 Å². The Morgan fingerprint density at radius 1 is 1.24 bits per heavy atom. The molecule has 0 bridgehead atoms. The van der Waals surface area contributed by atoms with Crippen molar-refractivity contribution in [1.82, 2.24) is 10.1 Å². The minimum Gasteiger partial charge on any atom is -0.467 e. The smallest absolute Gasteiger partial charge is 0.313 e. The van der Waals surface area contributed by atoms with Gasteiger partial charge in [-0.1, -0.05) is 6.42 Å². The Hall–Kier alpha value is -2.44. The van der Waals surface area contributed by atoms with Gasteiger partial charge in [-0.3, -0.25) is 9.59 Å². The summed E-state index contributed by atoms with van der Waals surface area (Å²) in [7, 11) is 0. The molecule has 0 spiro atoms. The molecule has 7 nitrogen and oxygen atoms in total. The van der Waals surface area contributed by atoms with Gasteiger partial charge in [-0.25, -0.2) is 4.98 Å². The van der Waals surface area contributed by atoms with Crippen molar-refractivity contribution >= 4 is 22.9 Å². The molecular formula is C18H22N2O5. The molecule has 1 aliphatic carbocycles. The third kappa shape index (κ3) is 4.35. The Bertz CT molecular complexity index is 781. The molecule has 25 heavy (non-hydrogen) atoms. The van der Waals surface area contributed by atoms with Crippen LogP contribution in [0.25, 0.3) is 11.1 Å². The largest absolute Gasteiger partial charge is 0.467 e. The third-order valence-electron chi connectivity index (χ3n) is 4.04. The van der Waals surface area contributed by atoms with E-state index in [1.54, 1.807) is 13.8 Å². The summed E-state index contributed by atoms with van der Waals surface area (Å²) in [6.07, 6.45) is 4.81. The Morgan fingerprint density at radius 2 is 2.04 bits per heavy atom. The summed E-state index contributed by atoms with van der Waals surface area (Å²) in [6, 6.07) is 1.99. The molecule has 2 aromatic rings. The lowest BCUT2D eigenvalue weighted by Gasteiger charge is -2.07. The molecule has 0 radical (unpaired) electrons. The highest BCUT2D eigenvalue weighted by atomic mass is 16.5. The average molecular weight is 346 g/mol. The van der Waals surface area contributed by atoms with Gasteiger partial charge in [0.15, 0.2) is 5.78 Å². The summed E-state index contributed by atoms with van der Waals surface area (Å²) in [6.45, 7) is 3.21. The molecule has 7 heteroatoms. The lowest BCUT2D eigenvalue weighted by Crippen LogP contribution is -2.19. The highest BCUT2D eigenvalue weighted by Gasteiger charge is 2.19. The van der Waals surface area contributed by atoms with Crippen molar-refractivity contribution in [3.05, 3.63) is 17.3 Å². The zero-order valence-electron chi connectivity index (χ0n) is 14.5. The predicted octanol–water partition coefficient (Wildman–Crippen LogP) is 2.78. The molecule has 3 rings (SSSR count). The van der Waals surface area contributed by atoms with Gasteiger partial charge in [0.25, 0.3) is 11.6 Å². The molecule has 2 aromatic heterocycles. The van der Waals surface area contributed by atoms with E-state index in [1.165, 1.54) is 12.0 Å². The number of hydrogen-bond donors (Lipinski definition) is 0. The number of pyridine rings is 1. The first-order valence-electron chi connectivity index (χ1n) is 8.65. The summed E-state index contributed by atoms with van der Waals surface area (Å²) in [5, 5.41) is 4.53. The second-order valence-corrected chi connectivity index (χ2v) is 6.54. The molecule has 0 N–H and O–H groups in total. The van der Waals surface area contributed by atoms with Gasteiger partial charge in [0.1, 0.15) is 18.4 Å². The fourth-order valence-electron chi connectivity index (χ4n) is 2.92. The molecule has 1 aliphatic rings. The van der Waals surface area contributed by atoms with Crippen molar-refractivity contribution in [2.45, 2.75) is 58.5 Å². The number of esters is 1.